The van der Waals surface area contributed by atoms with E-state index in [2.05, 4.69) is 5.32 Å². The molecular formula is C23H35N4OS+. The molecule has 29 heavy (non-hydrogen) atoms. The fourth-order valence-electron chi connectivity index (χ4n) is 5.24. The Balaban J connectivity index is 1.47. The number of thiophene rings is 1. The lowest BCUT2D eigenvalue weighted by atomic mass is 9.95. The molecule has 0 amide bonds. The van der Waals surface area contributed by atoms with E-state index in [0.29, 0.717) is 6.04 Å². The number of nitrogens with zero attached hydrogens (tertiary/aromatic N) is 2. The molecule has 2 aliphatic carbocycles. The standard InChI is InChI=1S/C23H34N4OS/c1-2-4-8-17(9-5-3-1)24-22-21-18-10-6-7-11-19(18)29-23(21)26-20(25-22)16-27-12-14-28-15-13-27/h17H,1-16H2,(H,24,25,26)/p+1. The van der Waals surface area contributed by atoms with Crippen LogP contribution >= 0.6 is 11.3 Å². The highest BCUT2D eigenvalue weighted by Gasteiger charge is 2.24. The first-order valence-corrected chi connectivity index (χ1v) is 12.7. The van der Waals surface area contributed by atoms with E-state index in [-0.39, 0.29) is 0 Å². The average molecular weight is 416 g/mol. The van der Waals surface area contributed by atoms with Gasteiger partial charge in [0.15, 0.2) is 5.82 Å². The number of hydrogen-bond acceptors (Lipinski definition) is 5. The summed E-state index contributed by atoms with van der Waals surface area (Å²) in [7, 11) is 0. The van der Waals surface area contributed by atoms with Crippen LogP contribution in [0, 0.1) is 0 Å². The Labute approximate surface area is 178 Å². The number of rotatable bonds is 4. The number of morpholine rings is 1. The quantitative estimate of drug-likeness (QED) is 0.802. The molecule has 6 heteroatoms. The molecule has 1 saturated carbocycles. The van der Waals surface area contributed by atoms with Crippen LogP contribution in [0.2, 0.25) is 0 Å². The zero-order valence-electron chi connectivity index (χ0n) is 17.6. The minimum Gasteiger partial charge on any atom is -0.370 e. The molecule has 0 spiro atoms. The summed E-state index contributed by atoms with van der Waals surface area (Å²) in [4.78, 5) is 14.6. The van der Waals surface area contributed by atoms with Gasteiger partial charge >= 0.3 is 0 Å². The highest BCUT2D eigenvalue weighted by molar-refractivity contribution is 7.19. The molecule has 0 aromatic carbocycles. The van der Waals surface area contributed by atoms with Gasteiger partial charge in [0.1, 0.15) is 30.3 Å². The SMILES string of the molecule is C1CCCC(Nc2nc(C[NH+]3CCOCC3)nc3sc4c(c23)CCCC4)CCC1. The van der Waals surface area contributed by atoms with Crippen LogP contribution in [0.3, 0.4) is 0 Å². The van der Waals surface area contributed by atoms with Gasteiger partial charge in [-0.05, 0) is 44.1 Å². The van der Waals surface area contributed by atoms with Crippen LogP contribution < -0.4 is 10.2 Å². The first-order valence-electron chi connectivity index (χ1n) is 11.9. The van der Waals surface area contributed by atoms with Crippen molar-refractivity contribution in [3.63, 3.8) is 0 Å². The van der Waals surface area contributed by atoms with Crippen LogP contribution in [0.25, 0.3) is 10.2 Å². The van der Waals surface area contributed by atoms with Crippen LogP contribution in [-0.2, 0) is 24.1 Å². The second kappa shape index (κ2) is 9.27. The molecule has 158 valence electrons. The molecule has 2 N–H and O–H groups in total. The molecule has 0 bridgehead atoms. The van der Waals surface area contributed by atoms with E-state index in [1.54, 1.807) is 15.3 Å². The van der Waals surface area contributed by atoms with E-state index in [1.807, 2.05) is 11.3 Å². The summed E-state index contributed by atoms with van der Waals surface area (Å²) in [6, 6.07) is 0.566. The molecule has 1 saturated heterocycles. The molecule has 2 aromatic heterocycles. The Kier molecular flexibility index (Phi) is 6.30. The minimum absolute atomic E-state index is 0.566. The van der Waals surface area contributed by atoms with Gasteiger partial charge in [-0.25, -0.2) is 9.97 Å². The molecule has 5 nitrogen and oxygen atoms in total. The Morgan fingerprint density at radius 2 is 1.69 bits per heavy atom. The summed E-state index contributed by atoms with van der Waals surface area (Å²) in [6.45, 7) is 4.76. The summed E-state index contributed by atoms with van der Waals surface area (Å²) in [5, 5.41) is 5.28. The zero-order valence-corrected chi connectivity index (χ0v) is 18.4. The number of anilines is 1. The minimum atomic E-state index is 0.566. The van der Waals surface area contributed by atoms with E-state index < -0.39 is 0 Å². The second-order valence-corrected chi connectivity index (χ2v) is 10.2. The van der Waals surface area contributed by atoms with Crippen LogP contribution in [0.15, 0.2) is 0 Å². The first kappa shape index (κ1) is 19.7. The largest absolute Gasteiger partial charge is 0.370 e. The van der Waals surface area contributed by atoms with E-state index in [0.717, 1.165) is 44.5 Å². The van der Waals surface area contributed by atoms with Gasteiger partial charge in [0.05, 0.1) is 18.6 Å². The van der Waals surface area contributed by atoms with Crippen LogP contribution in [0.5, 0.6) is 0 Å². The molecule has 1 aliphatic heterocycles. The molecule has 5 rings (SSSR count). The smallest absolute Gasteiger partial charge is 0.187 e. The lowest BCUT2D eigenvalue weighted by Gasteiger charge is -2.24. The van der Waals surface area contributed by atoms with Crippen molar-refractivity contribution < 1.29 is 9.64 Å². The van der Waals surface area contributed by atoms with Crippen molar-refractivity contribution in [3.8, 4) is 0 Å². The highest BCUT2D eigenvalue weighted by Crippen LogP contribution is 2.39. The number of aromatic nitrogens is 2. The fraction of sp³-hybridized carbons (Fsp3) is 0.739. The molecule has 0 radical (unpaired) electrons. The molecule has 0 atom stereocenters. The van der Waals surface area contributed by atoms with Crippen molar-refractivity contribution in [1.29, 1.82) is 0 Å². The van der Waals surface area contributed by atoms with Crippen LogP contribution in [-0.4, -0.2) is 42.3 Å². The van der Waals surface area contributed by atoms with Crippen molar-refractivity contribution in [2.75, 3.05) is 31.6 Å². The van der Waals surface area contributed by atoms with E-state index >= 15 is 0 Å². The number of ether oxygens (including phenoxy) is 1. The number of nitrogens with one attached hydrogen (secondary N) is 2. The summed E-state index contributed by atoms with van der Waals surface area (Å²) in [5.74, 6) is 2.16. The molecular weight excluding hydrogens is 380 g/mol. The van der Waals surface area contributed by atoms with Gasteiger partial charge in [-0.2, -0.15) is 0 Å². The van der Waals surface area contributed by atoms with Gasteiger partial charge in [0.25, 0.3) is 0 Å². The lowest BCUT2D eigenvalue weighted by Crippen LogP contribution is -3.12. The number of hydrogen-bond donors (Lipinski definition) is 2. The first-order chi connectivity index (χ1) is 14.4. The number of aryl methyl sites for hydroxylation is 2. The summed E-state index contributed by atoms with van der Waals surface area (Å²) >= 11 is 1.93. The third kappa shape index (κ3) is 4.59. The van der Waals surface area contributed by atoms with Gasteiger partial charge in [-0.3, -0.25) is 0 Å². The van der Waals surface area contributed by atoms with Gasteiger partial charge in [-0.15, -0.1) is 11.3 Å². The Bertz CT molecular complexity index is 822. The topological polar surface area (TPSA) is 51.5 Å². The summed E-state index contributed by atoms with van der Waals surface area (Å²) < 4.78 is 5.54. The Morgan fingerprint density at radius 3 is 2.52 bits per heavy atom. The Morgan fingerprint density at radius 1 is 0.931 bits per heavy atom. The predicted octanol–water partition coefficient (Wildman–Crippen LogP) is 3.51. The van der Waals surface area contributed by atoms with Crippen molar-refractivity contribution in [3.05, 3.63) is 16.3 Å². The second-order valence-electron chi connectivity index (χ2n) is 9.11. The van der Waals surface area contributed by atoms with Gasteiger partial charge < -0.3 is 15.0 Å². The van der Waals surface area contributed by atoms with Crippen molar-refractivity contribution in [2.45, 2.75) is 83.2 Å². The van der Waals surface area contributed by atoms with Gasteiger partial charge in [-0.1, -0.05) is 32.1 Å². The third-order valence-corrected chi connectivity index (χ3v) is 8.10. The Hall–Kier alpha value is -1.24. The van der Waals surface area contributed by atoms with Gasteiger partial charge in [0, 0.05) is 10.9 Å². The van der Waals surface area contributed by atoms with Gasteiger partial charge in [0.2, 0.25) is 0 Å². The van der Waals surface area contributed by atoms with Crippen molar-refractivity contribution in [2.24, 2.45) is 0 Å². The predicted molar refractivity (Wildman–Crippen MR) is 119 cm³/mol. The molecule has 3 aliphatic rings. The normalized spacial score (nSPS) is 22.2. The van der Waals surface area contributed by atoms with Crippen LogP contribution in [0.1, 0.15) is 74.1 Å². The highest BCUT2D eigenvalue weighted by atomic mass is 32.1. The molecule has 3 heterocycles. The molecule has 2 aromatic rings. The maximum atomic E-state index is 5.54. The van der Waals surface area contributed by atoms with Crippen molar-refractivity contribution in [1.82, 2.24) is 9.97 Å². The molecule has 0 unspecified atom stereocenters. The number of fused-ring (bicyclic) bond motifs is 3. The monoisotopic (exact) mass is 415 g/mol. The third-order valence-electron chi connectivity index (χ3n) is 6.92. The van der Waals surface area contributed by atoms with E-state index in [1.165, 1.54) is 80.8 Å². The zero-order chi connectivity index (χ0) is 19.5. The maximum absolute atomic E-state index is 5.54. The van der Waals surface area contributed by atoms with Crippen molar-refractivity contribution >= 4 is 27.4 Å². The summed E-state index contributed by atoms with van der Waals surface area (Å²) in [5.41, 5.74) is 1.55. The lowest BCUT2D eigenvalue weighted by molar-refractivity contribution is -0.922. The maximum Gasteiger partial charge on any atom is 0.187 e. The van der Waals surface area contributed by atoms with E-state index in [4.69, 9.17) is 14.7 Å². The summed E-state index contributed by atoms with van der Waals surface area (Å²) in [6.07, 6.45) is 14.5. The van der Waals surface area contributed by atoms with E-state index in [9.17, 15) is 0 Å². The number of quaternary nitrogens is 1. The molecule has 2 fully saturated rings. The van der Waals surface area contributed by atoms with Crippen LogP contribution in [0.4, 0.5) is 5.82 Å². The fourth-order valence-corrected chi connectivity index (χ4v) is 6.52. The average Bonchev–Trinajstić information content (AvgIpc) is 3.09.